The Morgan fingerprint density at radius 2 is 1.78 bits per heavy atom. The lowest BCUT2D eigenvalue weighted by atomic mass is 10.2. The zero-order chi connectivity index (χ0) is 19.6. The number of hydrogen-bond donors (Lipinski definition) is 1. The third-order valence-corrected chi connectivity index (χ3v) is 5.11. The molecule has 4 nitrogen and oxygen atoms in total. The van der Waals surface area contributed by atoms with Crippen LogP contribution in [-0.4, -0.2) is 25.6 Å². The number of rotatable bonds is 10. The predicted molar refractivity (Wildman–Crippen MR) is 117 cm³/mol. The van der Waals surface area contributed by atoms with Gasteiger partial charge in [-0.2, -0.15) is 0 Å². The van der Waals surface area contributed by atoms with Crippen molar-refractivity contribution < 1.29 is 9.53 Å². The highest BCUT2D eigenvalue weighted by Crippen LogP contribution is 2.26. The molecule has 0 aliphatic carbocycles. The largest absolute Gasteiger partial charge is 0.492 e. The van der Waals surface area contributed by atoms with Crippen molar-refractivity contribution in [3.63, 3.8) is 0 Å². The summed E-state index contributed by atoms with van der Waals surface area (Å²) in [4.78, 5) is 14.4. The third-order valence-electron chi connectivity index (χ3n) is 4.49. The van der Waals surface area contributed by atoms with Crippen LogP contribution >= 0.6 is 15.9 Å². The van der Waals surface area contributed by atoms with Gasteiger partial charge in [0.05, 0.1) is 11.1 Å². The van der Waals surface area contributed by atoms with Crippen LogP contribution < -0.4 is 15.0 Å². The van der Waals surface area contributed by atoms with E-state index in [1.807, 2.05) is 30.3 Å². The number of carbonyl (C=O) groups is 1. The molecule has 0 aliphatic heterocycles. The molecule has 0 unspecified atom stereocenters. The summed E-state index contributed by atoms with van der Waals surface area (Å²) < 4.78 is 6.73. The fourth-order valence-electron chi connectivity index (χ4n) is 2.86. The Hall–Kier alpha value is -2.01. The monoisotopic (exact) mass is 432 g/mol. The first-order valence-corrected chi connectivity index (χ1v) is 10.4. The number of ether oxygens (including phenoxy) is 1. The number of anilines is 2. The van der Waals surface area contributed by atoms with Crippen LogP contribution in [0.25, 0.3) is 0 Å². The van der Waals surface area contributed by atoms with Crippen molar-refractivity contribution in [1.82, 2.24) is 0 Å². The molecular weight excluding hydrogens is 404 g/mol. The predicted octanol–water partition coefficient (Wildman–Crippen LogP) is 5.66. The Bertz CT molecular complexity index is 728. The van der Waals surface area contributed by atoms with Crippen molar-refractivity contribution in [3.8, 4) is 5.75 Å². The smallest absolute Gasteiger partial charge is 0.224 e. The van der Waals surface area contributed by atoms with Gasteiger partial charge in [0.25, 0.3) is 0 Å². The Labute approximate surface area is 171 Å². The minimum Gasteiger partial charge on any atom is -0.492 e. The van der Waals surface area contributed by atoms with E-state index in [2.05, 4.69) is 59.1 Å². The highest BCUT2D eigenvalue weighted by atomic mass is 79.9. The summed E-state index contributed by atoms with van der Waals surface area (Å²) in [6, 6.07) is 14.1. The van der Waals surface area contributed by atoms with Gasteiger partial charge in [0.15, 0.2) is 0 Å². The lowest BCUT2D eigenvalue weighted by Crippen LogP contribution is -2.21. The van der Waals surface area contributed by atoms with Gasteiger partial charge in [0, 0.05) is 30.9 Å². The molecule has 2 aromatic rings. The number of benzene rings is 2. The van der Waals surface area contributed by atoms with Crippen LogP contribution in [0.2, 0.25) is 0 Å². The molecule has 0 radical (unpaired) electrons. The molecule has 1 amide bonds. The SMILES string of the molecule is CCc1ccc(OCCCC(=O)Nc2ccc(N(CC)CC)cc2)c(Br)c1. The molecule has 0 aliphatic rings. The molecule has 2 aromatic carbocycles. The minimum atomic E-state index is 0.00888. The molecular formula is C22H29BrN2O2. The summed E-state index contributed by atoms with van der Waals surface area (Å²) in [7, 11) is 0. The van der Waals surface area contributed by atoms with E-state index in [-0.39, 0.29) is 5.91 Å². The number of carbonyl (C=O) groups excluding carboxylic acids is 1. The van der Waals surface area contributed by atoms with Crippen LogP contribution in [0.1, 0.15) is 39.2 Å². The molecule has 0 aromatic heterocycles. The van der Waals surface area contributed by atoms with Crippen LogP contribution in [-0.2, 0) is 11.2 Å². The van der Waals surface area contributed by atoms with Gasteiger partial charge in [-0.25, -0.2) is 0 Å². The average Bonchev–Trinajstić information content (AvgIpc) is 2.68. The van der Waals surface area contributed by atoms with Gasteiger partial charge in [-0.05, 0) is 84.6 Å². The minimum absolute atomic E-state index is 0.00888. The molecule has 0 fully saturated rings. The second-order valence-corrected chi connectivity index (χ2v) is 7.19. The number of halogens is 1. The van der Waals surface area contributed by atoms with Crippen LogP contribution in [0.3, 0.4) is 0 Å². The van der Waals surface area contributed by atoms with Gasteiger partial charge in [0.1, 0.15) is 5.75 Å². The number of hydrogen-bond acceptors (Lipinski definition) is 3. The maximum Gasteiger partial charge on any atom is 0.224 e. The first-order chi connectivity index (χ1) is 13.1. The van der Waals surface area contributed by atoms with Crippen LogP contribution in [0.5, 0.6) is 5.75 Å². The standard InChI is InChI=1S/C22H29BrN2O2/c1-4-17-9-14-21(20(23)16-17)27-15-7-8-22(26)24-18-10-12-19(13-11-18)25(5-2)6-3/h9-14,16H,4-8,15H2,1-3H3,(H,24,26). The van der Waals surface area contributed by atoms with Gasteiger partial charge in [-0.15, -0.1) is 0 Å². The van der Waals surface area contributed by atoms with E-state index in [9.17, 15) is 4.79 Å². The van der Waals surface area contributed by atoms with Crippen molar-refractivity contribution >= 4 is 33.2 Å². The summed E-state index contributed by atoms with van der Waals surface area (Å²) in [6.07, 6.45) is 2.10. The second-order valence-electron chi connectivity index (χ2n) is 6.34. The highest BCUT2D eigenvalue weighted by Gasteiger charge is 2.06. The average molecular weight is 433 g/mol. The molecule has 2 rings (SSSR count). The second kappa shape index (κ2) is 11.0. The van der Waals surface area contributed by atoms with Gasteiger partial charge in [-0.3, -0.25) is 4.79 Å². The van der Waals surface area contributed by atoms with E-state index in [1.54, 1.807) is 0 Å². The molecule has 5 heteroatoms. The Morgan fingerprint density at radius 3 is 2.37 bits per heavy atom. The van der Waals surface area contributed by atoms with Crippen molar-refractivity contribution in [3.05, 3.63) is 52.5 Å². The van der Waals surface area contributed by atoms with Crippen LogP contribution in [0.15, 0.2) is 46.9 Å². The Kier molecular flexibility index (Phi) is 8.65. The highest BCUT2D eigenvalue weighted by molar-refractivity contribution is 9.10. The van der Waals surface area contributed by atoms with E-state index < -0.39 is 0 Å². The van der Waals surface area contributed by atoms with Crippen LogP contribution in [0.4, 0.5) is 11.4 Å². The molecule has 0 spiro atoms. The molecule has 146 valence electrons. The first kappa shape index (κ1) is 21.3. The quantitative estimate of drug-likeness (QED) is 0.492. The fourth-order valence-corrected chi connectivity index (χ4v) is 3.40. The number of nitrogens with one attached hydrogen (secondary N) is 1. The van der Waals surface area contributed by atoms with E-state index in [4.69, 9.17) is 4.74 Å². The summed E-state index contributed by atoms with van der Waals surface area (Å²) in [6.45, 7) is 8.85. The fraction of sp³-hybridized carbons (Fsp3) is 0.409. The zero-order valence-corrected chi connectivity index (χ0v) is 18.0. The maximum absolute atomic E-state index is 12.1. The van der Waals surface area contributed by atoms with E-state index in [1.165, 1.54) is 11.3 Å². The van der Waals surface area contributed by atoms with Gasteiger partial charge in [0.2, 0.25) is 5.91 Å². The van der Waals surface area contributed by atoms with Crippen molar-refractivity contribution in [2.24, 2.45) is 0 Å². The first-order valence-electron chi connectivity index (χ1n) is 9.63. The van der Waals surface area contributed by atoms with E-state index >= 15 is 0 Å². The van der Waals surface area contributed by atoms with Gasteiger partial charge < -0.3 is 15.0 Å². The molecule has 0 saturated heterocycles. The Balaban J connectivity index is 1.75. The third kappa shape index (κ3) is 6.58. The molecule has 0 bridgehead atoms. The van der Waals surface area contributed by atoms with Crippen molar-refractivity contribution in [1.29, 1.82) is 0 Å². The number of amides is 1. The van der Waals surface area contributed by atoms with Crippen LogP contribution in [0, 0.1) is 0 Å². The summed E-state index contributed by atoms with van der Waals surface area (Å²) in [5.41, 5.74) is 3.27. The molecule has 27 heavy (non-hydrogen) atoms. The normalized spacial score (nSPS) is 10.5. The van der Waals surface area contributed by atoms with Gasteiger partial charge >= 0.3 is 0 Å². The summed E-state index contributed by atoms with van der Waals surface area (Å²) >= 11 is 3.53. The molecule has 1 N–H and O–H groups in total. The van der Waals surface area contributed by atoms with Crippen molar-refractivity contribution in [2.75, 3.05) is 29.9 Å². The number of aryl methyl sites for hydroxylation is 1. The lowest BCUT2D eigenvalue weighted by Gasteiger charge is -2.21. The summed E-state index contributed by atoms with van der Waals surface area (Å²) in [5.74, 6) is 0.828. The summed E-state index contributed by atoms with van der Waals surface area (Å²) in [5, 5.41) is 2.95. The van der Waals surface area contributed by atoms with Crippen molar-refractivity contribution in [2.45, 2.75) is 40.0 Å². The van der Waals surface area contributed by atoms with E-state index in [0.717, 1.165) is 35.4 Å². The number of nitrogens with zero attached hydrogens (tertiary/aromatic N) is 1. The molecule has 0 heterocycles. The molecule has 0 saturated carbocycles. The Morgan fingerprint density at radius 1 is 1.07 bits per heavy atom. The molecule has 0 atom stereocenters. The van der Waals surface area contributed by atoms with E-state index in [0.29, 0.717) is 19.4 Å². The lowest BCUT2D eigenvalue weighted by molar-refractivity contribution is -0.116. The zero-order valence-electron chi connectivity index (χ0n) is 16.4. The topological polar surface area (TPSA) is 41.6 Å². The maximum atomic E-state index is 12.1. The van der Waals surface area contributed by atoms with Gasteiger partial charge in [-0.1, -0.05) is 13.0 Å².